The van der Waals surface area contributed by atoms with Gasteiger partial charge in [-0.3, -0.25) is 14.8 Å². The van der Waals surface area contributed by atoms with Crippen LogP contribution in [0.3, 0.4) is 0 Å². The first-order valence-corrected chi connectivity index (χ1v) is 7.40. The van der Waals surface area contributed by atoms with Crippen molar-refractivity contribution in [3.05, 3.63) is 72.3 Å². The van der Waals surface area contributed by atoms with Crippen LogP contribution in [-0.2, 0) is 6.54 Å². The summed E-state index contributed by atoms with van der Waals surface area (Å²) < 4.78 is 4.97. The van der Waals surface area contributed by atoms with Gasteiger partial charge in [-0.25, -0.2) is 4.98 Å². The number of aromatic nitrogens is 3. The molecule has 3 aromatic rings. The van der Waals surface area contributed by atoms with E-state index in [9.17, 15) is 4.79 Å². The molecule has 0 aliphatic carbocycles. The van der Waals surface area contributed by atoms with Gasteiger partial charge in [-0.1, -0.05) is 6.07 Å². The van der Waals surface area contributed by atoms with Crippen molar-refractivity contribution in [2.45, 2.75) is 6.54 Å². The molecule has 24 heavy (non-hydrogen) atoms. The van der Waals surface area contributed by atoms with Crippen molar-refractivity contribution in [1.29, 1.82) is 0 Å². The Balaban J connectivity index is 1.61. The van der Waals surface area contributed by atoms with E-state index in [0.717, 1.165) is 16.8 Å². The maximum absolute atomic E-state index is 12.1. The molecule has 0 aliphatic rings. The quantitative estimate of drug-likeness (QED) is 0.781. The maximum atomic E-state index is 12.1. The van der Waals surface area contributed by atoms with Crippen LogP contribution in [0.2, 0.25) is 0 Å². The van der Waals surface area contributed by atoms with Crippen molar-refractivity contribution in [3.63, 3.8) is 0 Å². The molecule has 3 aromatic heterocycles. The molecular weight excluding hydrogens is 304 g/mol. The SMILES string of the molecule is COc1ccc(C(=O)NCc2ccc(-c3cccnc3)nc2)cn1. The van der Waals surface area contributed by atoms with Crippen LogP contribution >= 0.6 is 0 Å². The van der Waals surface area contributed by atoms with Gasteiger partial charge in [-0.2, -0.15) is 0 Å². The number of rotatable bonds is 5. The average Bonchev–Trinajstić information content (AvgIpc) is 2.67. The van der Waals surface area contributed by atoms with Gasteiger partial charge < -0.3 is 10.1 Å². The average molecular weight is 320 g/mol. The van der Waals surface area contributed by atoms with Gasteiger partial charge in [0.2, 0.25) is 5.88 Å². The third-order valence-corrected chi connectivity index (χ3v) is 3.44. The molecule has 3 heterocycles. The third kappa shape index (κ3) is 3.73. The maximum Gasteiger partial charge on any atom is 0.253 e. The second-order valence-electron chi connectivity index (χ2n) is 5.07. The van der Waals surface area contributed by atoms with E-state index in [0.29, 0.717) is 18.0 Å². The highest BCUT2D eigenvalue weighted by atomic mass is 16.5. The molecule has 3 rings (SSSR count). The number of methoxy groups -OCH3 is 1. The van der Waals surface area contributed by atoms with E-state index in [-0.39, 0.29) is 5.91 Å². The molecule has 1 amide bonds. The molecule has 6 heteroatoms. The minimum atomic E-state index is -0.193. The lowest BCUT2D eigenvalue weighted by atomic mass is 10.1. The molecule has 0 unspecified atom stereocenters. The van der Waals surface area contributed by atoms with Gasteiger partial charge in [0, 0.05) is 43.0 Å². The monoisotopic (exact) mass is 320 g/mol. The van der Waals surface area contributed by atoms with Crippen LogP contribution in [0.15, 0.2) is 61.2 Å². The lowest BCUT2D eigenvalue weighted by Gasteiger charge is -2.06. The van der Waals surface area contributed by atoms with E-state index in [2.05, 4.69) is 20.3 Å². The summed E-state index contributed by atoms with van der Waals surface area (Å²) in [5.41, 5.74) is 3.20. The first-order chi connectivity index (χ1) is 11.8. The molecule has 6 nitrogen and oxygen atoms in total. The molecule has 0 spiro atoms. The summed E-state index contributed by atoms with van der Waals surface area (Å²) in [5, 5.41) is 2.84. The molecule has 1 N–H and O–H groups in total. The highest BCUT2D eigenvalue weighted by Gasteiger charge is 2.06. The van der Waals surface area contributed by atoms with Crippen LogP contribution in [0.5, 0.6) is 5.88 Å². The second-order valence-corrected chi connectivity index (χ2v) is 5.07. The Morgan fingerprint density at radius 1 is 1.08 bits per heavy atom. The number of nitrogens with one attached hydrogen (secondary N) is 1. The normalized spacial score (nSPS) is 10.2. The van der Waals surface area contributed by atoms with E-state index in [1.165, 1.54) is 13.3 Å². The zero-order chi connectivity index (χ0) is 16.8. The zero-order valence-corrected chi connectivity index (χ0v) is 13.1. The fraction of sp³-hybridized carbons (Fsp3) is 0.111. The number of hydrogen-bond donors (Lipinski definition) is 1. The van der Waals surface area contributed by atoms with Gasteiger partial charge in [0.15, 0.2) is 0 Å². The van der Waals surface area contributed by atoms with Gasteiger partial charge in [0.05, 0.1) is 18.4 Å². The Labute approximate surface area is 139 Å². The lowest BCUT2D eigenvalue weighted by molar-refractivity contribution is 0.0950. The number of hydrogen-bond acceptors (Lipinski definition) is 5. The summed E-state index contributed by atoms with van der Waals surface area (Å²) in [6.45, 7) is 0.394. The van der Waals surface area contributed by atoms with Gasteiger partial charge >= 0.3 is 0 Å². The molecule has 0 aromatic carbocycles. The predicted molar refractivity (Wildman–Crippen MR) is 89.4 cm³/mol. The fourth-order valence-corrected chi connectivity index (χ4v) is 2.13. The van der Waals surface area contributed by atoms with Crippen LogP contribution < -0.4 is 10.1 Å². The molecule has 0 fully saturated rings. The third-order valence-electron chi connectivity index (χ3n) is 3.44. The highest BCUT2D eigenvalue weighted by Crippen LogP contribution is 2.15. The van der Waals surface area contributed by atoms with E-state index < -0.39 is 0 Å². The number of ether oxygens (including phenoxy) is 1. The summed E-state index contributed by atoms with van der Waals surface area (Å²) >= 11 is 0. The highest BCUT2D eigenvalue weighted by molar-refractivity contribution is 5.93. The fourth-order valence-electron chi connectivity index (χ4n) is 2.13. The topological polar surface area (TPSA) is 77.0 Å². The number of carbonyl (C=O) groups excluding carboxylic acids is 1. The molecule has 0 saturated carbocycles. The van der Waals surface area contributed by atoms with Crippen LogP contribution in [0.4, 0.5) is 0 Å². The van der Waals surface area contributed by atoms with E-state index >= 15 is 0 Å². The molecule has 0 saturated heterocycles. The number of carbonyl (C=O) groups is 1. The Kier molecular flexibility index (Phi) is 4.76. The number of nitrogens with zero attached hydrogens (tertiary/aromatic N) is 3. The van der Waals surface area contributed by atoms with Crippen molar-refractivity contribution >= 4 is 5.91 Å². The smallest absolute Gasteiger partial charge is 0.253 e. The first-order valence-electron chi connectivity index (χ1n) is 7.40. The Morgan fingerprint density at radius 3 is 2.62 bits per heavy atom. The standard InChI is InChI=1S/C18H16N4O2/c1-24-17-7-5-15(12-21-17)18(23)22-10-13-4-6-16(20-9-13)14-3-2-8-19-11-14/h2-9,11-12H,10H2,1H3,(H,22,23). The first kappa shape index (κ1) is 15.6. The molecule has 0 bridgehead atoms. The minimum Gasteiger partial charge on any atom is -0.481 e. The number of amides is 1. The van der Waals surface area contributed by atoms with Gasteiger partial charge in [0.1, 0.15) is 0 Å². The summed E-state index contributed by atoms with van der Waals surface area (Å²) in [6, 6.07) is 11.0. The van der Waals surface area contributed by atoms with Crippen molar-refractivity contribution in [2.75, 3.05) is 7.11 Å². The van der Waals surface area contributed by atoms with E-state index in [1.807, 2.05) is 24.3 Å². The van der Waals surface area contributed by atoms with Gasteiger partial charge in [-0.15, -0.1) is 0 Å². The molecule has 0 radical (unpaired) electrons. The summed E-state index contributed by atoms with van der Waals surface area (Å²) in [4.78, 5) is 24.6. The molecule has 0 aliphatic heterocycles. The van der Waals surface area contributed by atoms with Crippen molar-refractivity contribution in [1.82, 2.24) is 20.3 Å². The van der Waals surface area contributed by atoms with Crippen molar-refractivity contribution in [3.8, 4) is 17.1 Å². The Bertz CT molecular complexity index is 803. The lowest BCUT2D eigenvalue weighted by Crippen LogP contribution is -2.22. The van der Waals surface area contributed by atoms with Gasteiger partial charge in [0.25, 0.3) is 5.91 Å². The molecule has 120 valence electrons. The van der Waals surface area contributed by atoms with Crippen LogP contribution in [0.25, 0.3) is 11.3 Å². The number of pyridine rings is 3. The molecule has 0 atom stereocenters. The molecular formula is C18H16N4O2. The summed E-state index contributed by atoms with van der Waals surface area (Å²) in [5.74, 6) is 0.281. The Hall–Kier alpha value is -3.28. The van der Waals surface area contributed by atoms with Crippen molar-refractivity contribution < 1.29 is 9.53 Å². The van der Waals surface area contributed by atoms with E-state index in [4.69, 9.17) is 4.74 Å². The largest absolute Gasteiger partial charge is 0.481 e. The Morgan fingerprint density at radius 2 is 2.00 bits per heavy atom. The van der Waals surface area contributed by atoms with Crippen LogP contribution in [0.1, 0.15) is 15.9 Å². The van der Waals surface area contributed by atoms with Gasteiger partial charge in [-0.05, 0) is 29.8 Å². The summed E-state index contributed by atoms with van der Waals surface area (Å²) in [7, 11) is 1.53. The minimum absolute atomic E-state index is 0.193. The van der Waals surface area contributed by atoms with E-state index in [1.54, 1.807) is 30.7 Å². The van der Waals surface area contributed by atoms with Crippen LogP contribution in [-0.4, -0.2) is 28.0 Å². The van der Waals surface area contributed by atoms with Crippen molar-refractivity contribution in [2.24, 2.45) is 0 Å². The van der Waals surface area contributed by atoms with Crippen LogP contribution in [0, 0.1) is 0 Å². The summed E-state index contributed by atoms with van der Waals surface area (Å²) in [6.07, 6.45) is 6.72. The second kappa shape index (κ2) is 7.32. The zero-order valence-electron chi connectivity index (χ0n) is 13.1. The predicted octanol–water partition coefficient (Wildman–Crippen LogP) is 2.48.